The van der Waals surface area contributed by atoms with Gasteiger partial charge in [-0.1, -0.05) is 12.1 Å². The van der Waals surface area contributed by atoms with E-state index in [1.807, 2.05) is 6.07 Å². The maximum Gasteiger partial charge on any atom is 0.335 e. The van der Waals surface area contributed by atoms with Gasteiger partial charge in [0.2, 0.25) is 0 Å². The number of fused-ring (bicyclic) bond motifs is 1. The molecule has 1 unspecified atom stereocenters. The van der Waals surface area contributed by atoms with Crippen LogP contribution in [0.2, 0.25) is 0 Å². The summed E-state index contributed by atoms with van der Waals surface area (Å²) in [6.45, 7) is 0. The van der Waals surface area contributed by atoms with Crippen LogP contribution in [0.4, 0.5) is 0 Å². The largest absolute Gasteiger partial charge is 0.478 e. The van der Waals surface area contributed by atoms with E-state index in [9.17, 15) is 4.79 Å². The molecule has 0 spiro atoms. The average molecular weight is 217 g/mol. The van der Waals surface area contributed by atoms with Crippen LogP contribution < -0.4 is 5.32 Å². The summed E-state index contributed by atoms with van der Waals surface area (Å²) in [5.41, 5.74) is 2.73. The molecule has 0 heterocycles. The molecule has 3 nitrogen and oxygen atoms in total. The molecule has 1 aromatic carbocycles. The minimum atomic E-state index is -0.802. The van der Waals surface area contributed by atoms with Crippen molar-refractivity contribution < 1.29 is 9.90 Å². The molecule has 16 heavy (non-hydrogen) atoms. The monoisotopic (exact) mass is 217 g/mol. The lowest BCUT2D eigenvalue weighted by molar-refractivity contribution is 0.0695. The predicted molar refractivity (Wildman–Crippen MR) is 60.8 cm³/mol. The van der Waals surface area contributed by atoms with Crippen molar-refractivity contribution in [2.75, 3.05) is 0 Å². The number of aromatic carboxylic acids is 1. The van der Waals surface area contributed by atoms with Gasteiger partial charge in [0.25, 0.3) is 0 Å². The first-order valence-corrected chi connectivity index (χ1v) is 5.84. The van der Waals surface area contributed by atoms with E-state index in [-0.39, 0.29) is 0 Å². The maximum absolute atomic E-state index is 11.1. The fourth-order valence-corrected chi connectivity index (χ4v) is 2.55. The van der Waals surface area contributed by atoms with Crippen molar-refractivity contribution in [1.29, 1.82) is 0 Å². The van der Waals surface area contributed by atoms with Gasteiger partial charge in [0, 0.05) is 12.1 Å². The summed E-state index contributed by atoms with van der Waals surface area (Å²) in [4.78, 5) is 11.1. The molecule has 2 aliphatic carbocycles. The minimum Gasteiger partial charge on any atom is -0.478 e. The molecule has 0 aliphatic heterocycles. The molecule has 0 saturated heterocycles. The standard InChI is InChI=1S/C13H15NO2/c15-13(16)11-3-1-2-8-6-10(7-12(8)11)14-9-4-5-9/h1-3,9-10,14H,4-7H2,(H,15,16). The van der Waals surface area contributed by atoms with Crippen LogP contribution in [0.1, 0.15) is 34.3 Å². The molecule has 1 aromatic rings. The van der Waals surface area contributed by atoms with E-state index in [2.05, 4.69) is 11.4 Å². The first kappa shape index (κ1) is 9.85. The number of carboxylic acids is 1. The smallest absolute Gasteiger partial charge is 0.335 e. The van der Waals surface area contributed by atoms with E-state index in [1.165, 1.54) is 18.4 Å². The summed E-state index contributed by atoms with van der Waals surface area (Å²) < 4.78 is 0. The Labute approximate surface area is 94.5 Å². The molecular weight excluding hydrogens is 202 g/mol. The summed E-state index contributed by atoms with van der Waals surface area (Å²) in [7, 11) is 0. The maximum atomic E-state index is 11.1. The van der Waals surface area contributed by atoms with E-state index in [0.717, 1.165) is 18.4 Å². The first-order chi connectivity index (χ1) is 7.74. The lowest BCUT2D eigenvalue weighted by atomic mass is 10.0. The molecule has 0 bridgehead atoms. The van der Waals surface area contributed by atoms with Gasteiger partial charge in [0.1, 0.15) is 0 Å². The second-order valence-corrected chi connectivity index (χ2v) is 4.79. The van der Waals surface area contributed by atoms with Gasteiger partial charge >= 0.3 is 5.97 Å². The minimum absolute atomic E-state index is 0.447. The van der Waals surface area contributed by atoms with Crippen LogP contribution in [0.25, 0.3) is 0 Å². The van der Waals surface area contributed by atoms with Crippen molar-refractivity contribution in [3.8, 4) is 0 Å². The van der Waals surface area contributed by atoms with Crippen molar-refractivity contribution >= 4 is 5.97 Å². The Morgan fingerprint density at radius 3 is 2.75 bits per heavy atom. The highest BCUT2D eigenvalue weighted by atomic mass is 16.4. The van der Waals surface area contributed by atoms with Crippen molar-refractivity contribution in [2.45, 2.75) is 37.8 Å². The Morgan fingerprint density at radius 1 is 1.25 bits per heavy atom. The fourth-order valence-electron chi connectivity index (χ4n) is 2.55. The normalized spacial score (nSPS) is 23.1. The van der Waals surface area contributed by atoms with Gasteiger partial charge in [-0.3, -0.25) is 0 Å². The number of rotatable bonds is 3. The van der Waals surface area contributed by atoms with Gasteiger partial charge in [-0.05, 0) is 42.9 Å². The van der Waals surface area contributed by atoms with Crippen LogP contribution in [0.15, 0.2) is 18.2 Å². The second kappa shape index (κ2) is 3.59. The summed E-state index contributed by atoms with van der Waals surface area (Å²) in [6, 6.07) is 6.74. The summed E-state index contributed by atoms with van der Waals surface area (Å²) in [6.07, 6.45) is 4.40. The molecule has 0 amide bonds. The van der Waals surface area contributed by atoms with Crippen molar-refractivity contribution in [3.63, 3.8) is 0 Å². The van der Waals surface area contributed by atoms with Crippen LogP contribution in [0.5, 0.6) is 0 Å². The van der Waals surface area contributed by atoms with Gasteiger partial charge in [-0.2, -0.15) is 0 Å². The van der Waals surface area contributed by atoms with E-state index in [4.69, 9.17) is 5.11 Å². The molecule has 0 radical (unpaired) electrons. The third-order valence-corrected chi connectivity index (χ3v) is 3.47. The lowest BCUT2D eigenvalue weighted by Crippen LogP contribution is -2.31. The van der Waals surface area contributed by atoms with Crippen LogP contribution in [-0.2, 0) is 12.8 Å². The molecule has 3 rings (SSSR count). The highest BCUT2D eigenvalue weighted by Crippen LogP contribution is 2.28. The van der Waals surface area contributed by atoms with Gasteiger partial charge < -0.3 is 10.4 Å². The van der Waals surface area contributed by atoms with E-state index < -0.39 is 5.97 Å². The third-order valence-electron chi connectivity index (χ3n) is 3.47. The number of benzene rings is 1. The van der Waals surface area contributed by atoms with Crippen LogP contribution in [-0.4, -0.2) is 23.2 Å². The molecule has 3 heteroatoms. The number of hydrogen-bond acceptors (Lipinski definition) is 2. The number of hydrogen-bond donors (Lipinski definition) is 2. The summed E-state index contributed by atoms with van der Waals surface area (Å²) in [5.74, 6) is -0.802. The molecule has 1 saturated carbocycles. The molecule has 2 aliphatic rings. The Morgan fingerprint density at radius 2 is 2.06 bits per heavy atom. The predicted octanol–water partition coefficient (Wildman–Crippen LogP) is 1.60. The number of carboxylic acid groups (broad SMARTS) is 1. The second-order valence-electron chi connectivity index (χ2n) is 4.79. The van der Waals surface area contributed by atoms with Gasteiger partial charge in [-0.25, -0.2) is 4.79 Å². The Bertz CT molecular complexity index is 438. The lowest BCUT2D eigenvalue weighted by Gasteiger charge is -2.10. The molecule has 84 valence electrons. The quantitative estimate of drug-likeness (QED) is 0.808. The Hall–Kier alpha value is -1.35. The average Bonchev–Trinajstić information content (AvgIpc) is 2.95. The number of nitrogens with one attached hydrogen (secondary N) is 1. The van der Waals surface area contributed by atoms with Gasteiger partial charge in [0.05, 0.1) is 5.56 Å². The topological polar surface area (TPSA) is 49.3 Å². The van der Waals surface area contributed by atoms with Crippen LogP contribution in [0.3, 0.4) is 0 Å². The van der Waals surface area contributed by atoms with Crippen molar-refractivity contribution in [3.05, 3.63) is 34.9 Å². The molecule has 2 N–H and O–H groups in total. The molecule has 1 atom stereocenters. The van der Waals surface area contributed by atoms with Crippen LogP contribution in [0, 0.1) is 0 Å². The molecule has 1 fully saturated rings. The highest BCUT2D eigenvalue weighted by Gasteiger charge is 2.30. The van der Waals surface area contributed by atoms with Gasteiger partial charge in [0.15, 0.2) is 0 Å². The van der Waals surface area contributed by atoms with Crippen molar-refractivity contribution in [1.82, 2.24) is 5.32 Å². The van der Waals surface area contributed by atoms with E-state index in [1.54, 1.807) is 6.07 Å². The fraction of sp³-hybridized carbons (Fsp3) is 0.462. The molecule has 0 aromatic heterocycles. The summed E-state index contributed by atoms with van der Waals surface area (Å²) >= 11 is 0. The van der Waals surface area contributed by atoms with Crippen LogP contribution >= 0.6 is 0 Å². The SMILES string of the molecule is O=C(O)c1cccc2c1CC(NC1CC1)C2. The van der Waals surface area contributed by atoms with E-state index >= 15 is 0 Å². The zero-order valence-electron chi connectivity index (χ0n) is 9.07. The summed E-state index contributed by atoms with van der Waals surface area (Å²) in [5, 5.41) is 12.7. The zero-order chi connectivity index (χ0) is 11.1. The third kappa shape index (κ3) is 1.71. The van der Waals surface area contributed by atoms with Gasteiger partial charge in [-0.15, -0.1) is 0 Å². The Kier molecular flexibility index (Phi) is 2.21. The number of carbonyl (C=O) groups is 1. The Balaban J connectivity index is 1.84. The van der Waals surface area contributed by atoms with E-state index in [0.29, 0.717) is 17.6 Å². The molecular formula is C13H15NO2. The van der Waals surface area contributed by atoms with Crippen molar-refractivity contribution in [2.24, 2.45) is 0 Å². The first-order valence-electron chi connectivity index (χ1n) is 5.84. The zero-order valence-corrected chi connectivity index (χ0v) is 9.07. The highest BCUT2D eigenvalue weighted by molar-refractivity contribution is 5.90.